The molecule has 0 saturated heterocycles. The number of carbonyl (C=O) groups is 1. The average Bonchev–Trinajstić information content (AvgIpc) is 2.93. The lowest BCUT2D eigenvalue weighted by Gasteiger charge is -2.08. The monoisotopic (exact) mass is 246 g/mol. The second kappa shape index (κ2) is 4.11. The van der Waals surface area contributed by atoms with Gasteiger partial charge in [-0.15, -0.1) is 11.3 Å². The van der Waals surface area contributed by atoms with E-state index in [1.807, 2.05) is 7.05 Å². The molecule has 0 N–H and O–H groups in total. The van der Waals surface area contributed by atoms with Crippen LogP contribution in [0.15, 0.2) is 18.3 Å². The molecule has 0 amide bonds. The molecular weight excluding hydrogens is 232 g/mol. The quantitative estimate of drug-likeness (QED) is 0.763. The lowest BCUT2D eigenvalue weighted by molar-refractivity contribution is 0.103. The fourth-order valence-corrected chi connectivity index (χ4v) is 3.47. The van der Waals surface area contributed by atoms with Gasteiger partial charge in [-0.2, -0.15) is 5.10 Å². The number of aromatic nitrogens is 2. The minimum atomic E-state index is 0.0602. The zero-order valence-corrected chi connectivity index (χ0v) is 10.6. The van der Waals surface area contributed by atoms with Gasteiger partial charge in [0.1, 0.15) is 5.69 Å². The largest absolute Gasteiger partial charge is 0.286 e. The molecular formula is C13H14N2OS. The normalized spacial score (nSPS) is 14.6. The molecule has 0 fully saturated rings. The topological polar surface area (TPSA) is 34.9 Å². The van der Waals surface area contributed by atoms with Crippen molar-refractivity contribution in [3.05, 3.63) is 39.3 Å². The van der Waals surface area contributed by atoms with Crippen LogP contribution in [0, 0.1) is 0 Å². The van der Waals surface area contributed by atoms with Crippen molar-refractivity contribution in [1.82, 2.24) is 9.78 Å². The van der Waals surface area contributed by atoms with Crippen LogP contribution in [0.4, 0.5) is 0 Å². The van der Waals surface area contributed by atoms with Crippen LogP contribution in [0.5, 0.6) is 0 Å². The standard InChI is InChI=1S/C13H14N2OS/c1-15-7-6-10(14-15)13(16)12-8-9-4-2-3-5-11(9)17-12/h6-8H,2-5H2,1H3. The molecule has 1 aliphatic carbocycles. The van der Waals surface area contributed by atoms with Crippen LogP contribution in [0.25, 0.3) is 0 Å². The zero-order valence-electron chi connectivity index (χ0n) is 9.77. The van der Waals surface area contributed by atoms with Crippen molar-refractivity contribution in [2.24, 2.45) is 7.05 Å². The van der Waals surface area contributed by atoms with Crippen LogP contribution in [-0.4, -0.2) is 15.6 Å². The molecule has 1 aliphatic rings. The van der Waals surface area contributed by atoms with Gasteiger partial charge in [-0.05, 0) is 43.4 Å². The summed E-state index contributed by atoms with van der Waals surface area (Å²) in [6, 6.07) is 3.84. The number of ketones is 1. The summed E-state index contributed by atoms with van der Waals surface area (Å²) in [5, 5.41) is 4.17. The molecule has 0 bridgehead atoms. The number of aryl methyl sites for hydroxylation is 3. The minimum Gasteiger partial charge on any atom is -0.286 e. The van der Waals surface area contributed by atoms with Gasteiger partial charge < -0.3 is 0 Å². The molecule has 4 heteroatoms. The van der Waals surface area contributed by atoms with Gasteiger partial charge >= 0.3 is 0 Å². The van der Waals surface area contributed by atoms with Gasteiger partial charge in [0, 0.05) is 18.1 Å². The van der Waals surface area contributed by atoms with E-state index in [0.717, 1.165) is 17.7 Å². The highest BCUT2D eigenvalue weighted by Gasteiger charge is 2.19. The van der Waals surface area contributed by atoms with Crippen LogP contribution in [-0.2, 0) is 19.9 Å². The first-order valence-corrected chi connectivity index (χ1v) is 6.71. The lowest BCUT2D eigenvalue weighted by atomic mass is 9.99. The zero-order chi connectivity index (χ0) is 11.8. The first-order chi connectivity index (χ1) is 8.24. The Kier molecular flexibility index (Phi) is 2.59. The predicted molar refractivity (Wildman–Crippen MR) is 67.6 cm³/mol. The fraction of sp³-hybridized carbons (Fsp3) is 0.385. The maximum absolute atomic E-state index is 12.2. The van der Waals surface area contributed by atoms with Gasteiger partial charge in [0.2, 0.25) is 5.78 Å². The summed E-state index contributed by atoms with van der Waals surface area (Å²) in [7, 11) is 1.83. The second-order valence-corrected chi connectivity index (χ2v) is 5.61. The Balaban J connectivity index is 1.94. The van der Waals surface area contributed by atoms with Crippen molar-refractivity contribution in [2.45, 2.75) is 25.7 Å². The molecule has 0 spiro atoms. The van der Waals surface area contributed by atoms with Gasteiger partial charge in [-0.3, -0.25) is 9.48 Å². The highest BCUT2D eigenvalue weighted by Crippen LogP contribution is 2.30. The summed E-state index contributed by atoms with van der Waals surface area (Å²) in [6.45, 7) is 0. The highest BCUT2D eigenvalue weighted by molar-refractivity contribution is 7.14. The van der Waals surface area contributed by atoms with Gasteiger partial charge in [0.15, 0.2) is 0 Å². The maximum atomic E-state index is 12.2. The Hall–Kier alpha value is -1.42. The summed E-state index contributed by atoms with van der Waals surface area (Å²) in [5.41, 5.74) is 1.92. The van der Waals surface area contributed by atoms with Crippen LogP contribution in [0.1, 0.15) is 38.6 Å². The summed E-state index contributed by atoms with van der Waals surface area (Å²) in [6.07, 6.45) is 6.57. The van der Waals surface area contributed by atoms with Crippen molar-refractivity contribution in [1.29, 1.82) is 0 Å². The number of thiophene rings is 1. The number of nitrogens with zero attached hydrogens (tertiary/aromatic N) is 2. The van der Waals surface area contributed by atoms with Crippen molar-refractivity contribution in [2.75, 3.05) is 0 Å². The fourth-order valence-electron chi connectivity index (χ4n) is 2.26. The molecule has 0 aromatic carbocycles. The van der Waals surface area contributed by atoms with E-state index in [9.17, 15) is 4.79 Å². The van der Waals surface area contributed by atoms with Gasteiger partial charge in [0.05, 0.1) is 4.88 Å². The number of rotatable bonds is 2. The van der Waals surface area contributed by atoms with E-state index in [1.54, 1.807) is 28.3 Å². The van der Waals surface area contributed by atoms with Crippen LogP contribution < -0.4 is 0 Å². The molecule has 0 radical (unpaired) electrons. The number of fused-ring (bicyclic) bond motifs is 1. The molecule has 0 aliphatic heterocycles. The van der Waals surface area contributed by atoms with Crippen LogP contribution >= 0.6 is 11.3 Å². The Morgan fingerprint density at radius 2 is 2.24 bits per heavy atom. The molecule has 2 heterocycles. The first-order valence-electron chi connectivity index (χ1n) is 5.90. The Morgan fingerprint density at radius 1 is 1.41 bits per heavy atom. The number of carbonyl (C=O) groups excluding carboxylic acids is 1. The molecule has 2 aromatic rings. The minimum absolute atomic E-state index is 0.0602. The average molecular weight is 246 g/mol. The third-order valence-corrected chi connectivity index (χ3v) is 4.40. The number of hydrogen-bond donors (Lipinski definition) is 0. The van der Waals surface area contributed by atoms with Crippen molar-refractivity contribution in [3.8, 4) is 0 Å². The maximum Gasteiger partial charge on any atom is 0.223 e. The molecule has 17 heavy (non-hydrogen) atoms. The number of hydrogen-bond acceptors (Lipinski definition) is 3. The Bertz CT molecular complexity index is 544. The van der Waals surface area contributed by atoms with E-state index in [2.05, 4.69) is 11.2 Å². The van der Waals surface area contributed by atoms with E-state index in [0.29, 0.717) is 5.69 Å². The van der Waals surface area contributed by atoms with Gasteiger partial charge in [0.25, 0.3) is 0 Å². The van der Waals surface area contributed by atoms with Crippen LogP contribution in [0.2, 0.25) is 0 Å². The lowest BCUT2D eigenvalue weighted by Crippen LogP contribution is -2.01. The molecule has 3 nitrogen and oxygen atoms in total. The van der Waals surface area contributed by atoms with Crippen molar-refractivity contribution >= 4 is 17.1 Å². The Morgan fingerprint density at radius 3 is 2.94 bits per heavy atom. The highest BCUT2D eigenvalue weighted by atomic mass is 32.1. The summed E-state index contributed by atoms with van der Waals surface area (Å²) in [4.78, 5) is 14.5. The van der Waals surface area contributed by atoms with E-state index in [-0.39, 0.29) is 5.78 Å². The molecule has 3 rings (SSSR count). The second-order valence-electron chi connectivity index (χ2n) is 4.47. The molecule has 2 aromatic heterocycles. The smallest absolute Gasteiger partial charge is 0.223 e. The third kappa shape index (κ3) is 1.93. The summed E-state index contributed by atoms with van der Waals surface area (Å²) < 4.78 is 1.67. The van der Waals surface area contributed by atoms with Gasteiger partial charge in [-0.1, -0.05) is 0 Å². The molecule has 0 atom stereocenters. The van der Waals surface area contributed by atoms with E-state index in [1.165, 1.54) is 23.3 Å². The molecule has 0 unspecified atom stereocenters. The first kappa shape index (κ1) is 10.7. The summed E-state index contributed by atoms with van der Waals surface area (Å²) >= 11 is 1.65. The van der Waals surface area contributed by atoms with Crippen molar-refractivity contribution < 1.29 is 4.79 Å². The third-order valence-electron chi connectivity index (χ3n) is 3.17. The van der Waals surface area contributed by atoms with E-state index in [4.69, 9.17) is 0 Å². The van der Waals surface area contributed by atoms with Crippen LogP contribution in [0.3, 0.4) is 0 Å². The summed E-state index contributed by atoms with van der Waals surface area (Å²) in [5.74, 6) is 0.0602. The predicted octanol–water partition coefficient (Wildman–Crippen LogP) is 2.59. The van der Waals surface area contributed by atoms with E-state index < -0.39 is 0 Å². The molecule has 88 valence electrons. The van der Waals surface area contributed by atoms with Crippen molar-refractivity contribution in [3.63, 3.8) is 0 Å². The Labute approximate surface area is 104 Å². The van der Waals surface area contributed by atoms with E-state index >= 15 is 0 Å². The molecule has 0 saturated carbocycles. The van der Waals surface area contributed by atoms with Gasteiger partial charge in [-0.25, -0.2) is 0 Å². The SMILES string of the molecule is Cn1ccc(C(=O)c2cc3c(s2)CCCC3)n1.